The maximum atomic E-state index is 13.0. The summed E-state index contributed by atoms with van der Waals surface area (Å²) in [6.45, 7) is 3.58. The van der Waals surface area contributed by atoms with E-state index < -0.39 is 0 Å². The van der Waals surface area contributed by atoms with Gasteiger partial charge >= 0.3 is 0 Å². The molecule has 0 aliphatic carbocycles. The first-order valence-corrected chi connectivity index (χ1v) is 9.76. The molecule has 1 aliphatic rings. The van der Waals surface area contributed by atoms with Crippen molar-refractivity contribution in [1.82, 2.24) is 15.5 Å². The number of methoxy groups -OCH3 is 1. The van der Waals surface area contributed by atoms with Gasteiger partial charge in [-0.05, 0) is 61.3 Å². The van der Waals surface area contributed by atoms with Crippen LogP contribution in [0.15, 0.2) is 53.5 Å². The molecule has 1 heterocycles. The predicted octanol–water partition coefficient (Wildman–Crippen LogP) is 3.95. The Labute approximate surface area is 189 Å². The summed E-state index contributed by atoms with van der Waals surface area (Å²) in [5, 5.41) is 6.75. The molecule has 2 N–H and O–H groups in total. The number of aliphatic imine (C=N–C) groups is 1. The van der Waals surface area contributed by atoms with E-state index in [1.807, 2.05) is 12.1 Å². The van der Waals surface area contributed by atoms with E-state index in [-0.39, 0.29) is 35.8 Å². The smallest absolute Gasteiger partial charge is 0.191 e. The average Bonchev–Trinajstić information content (AvgIpc) is 3.26. The summed E-state index contributed by atoms with van der Waals surface area (Å²) in [5.41, 5.74) is 2.28. The summed E-state index contributed by atoms with van der Waals surface area (Å²) in [6.07, 6.45) is 2.48. The van der Waals surface area contributed by atoms with Crippen LogP contribution in [0.4, 0.5) is 4.39 Å². The number of hydrogen-bond donors (Lipinski definition) is 2. The SMILES string of the molecule is CN=C(NCc1ccc(F)cc1)NCC(c1ccc(OC)cc1)N1CCCC1.I. The molecular weight excluding hydrogens is 482 g/mol. The number of nitrogens with zero attached hydrogens (tertiary/aromatic N) is 2. The summed E-state index contributed by atoms with van der Waals surface area (Å²) in [7, 11) is 3.45. The highest BCUT2D eigenvalue weighted by molar-refractivity contribution is 14.0. The molecule has 7 heteroatoms. The Hall–Kier alpha value is -1.87. The van der Waals surface area contributed by atoms with Crippen LogP contribution in [0, 0.1) is 5.82 Å². The summed E-state index contributed by atoms with van der Waals surface area (Å²) < 4.78 is 18.3. The zero-order valence-electron chi connectivity index (χ0n) is 17.0. The lowest BCUT2D eigenvalue weighted by atomic mass is 10.1. The van der Waals surface area contributed by atoms with Gasteiger partial charge in [0.1, 0.15) is 11.6 Å². The molecule has 0 bridgehead atoms. The molecule has 3 rings (SSSR count). The largest absolute Gasteiger partial charge is 0.497 e. The molecule has 1 saturated heterocycles. The number of benzene rings is 2. The van der Waals surface area contributed by atoms with Crippen LogP contribution in [0.1, 0.15) is 30.0 Å². The number of halogens is 2. The lowest BCUT2D eigenvalue weighted by Crippen LogP contribution is -2.42. The maximum Gasteiger partial charge on any atom is 0.191 e. The van der Waals surface area contributed by atoms with Crippen LogP contribution in [-0.2, 0) is 6.54 Å². The first-order valence-electron chi connectivity index (χ1n) is 9.76. The number of hydrogen-bond acceptors (Lipinski definition) is 3. The predicted molar refractivity (Wildman–Crippen MR) is 127 cm³/mol. The monoisotopic (exact) mass is 512 g/mol. The summed E-state index contributed by atoms with van der Waals surface area (Å²) in [6, 6.07) is 15.1. The van der Waals surface area contributed by atoms with Gasteiger partial charge in [-0.2, -0.15) is 0 Å². The van der Waals surface area contributed by atoms with E-state index in [1.165, 1.54) is 30.5 Å². The molecule has 0 amide bonds. The van der Waals surface area contributed by atoms with E-state index in [4.69, 9.17) is 4.74 Å². The van der Waals surface area contributed by atoms with Crippen molar-refractivity contribution in [3.63, 3.8) is 0 Å². The Balaban J connectivity index is 0.00000300. The first kappa shape index (κ1) is 23.4. The van der Waals surface area contributed by atoms with Crippen molar-refractivity contribution in [2.75, 3.05) is 33.8 Å². The summed E-state index contributed by atoms with van der Waals surface area (Å²) in [4.78, 5) is 6.84. The molecule has 2 aromatic carbocycles. The van der Waals surface area contributed by atoms with Crippen LogP contribution in [0.25, 0.3) is 0 Å². The second-order valence-corrected chi connectivity index (χ2v) is 6.97. The van der Waals surface area contributed by atoms with Crippen molar-refractivity contribution >= 4 is 29.9 Å². The number of nitrogens with one attached hydrogen (secondary N) is 2. The Morgan fingerprint density at radius 3 is 2.31 bits per heavy atom. The van der Waals surface area contributed by atoms with Crippen molar-refractivity contribution in [2.45, 2.75) is 25.4 Å². The van der Waals surface area contributed by atoms with Crippen molar-refractivity contribution in [2.24, 2.45) is 4.99 Å². The van der Waals surface area contributed by atoms with E-state index >= 15 is 0 Å². The fraction of sp³-hybridized carbons (Fsp3) is 0.409. The molecule has 1 atom stereocenters. The highest BCUT2D eigenvalue weighted by Gasteiger charge is 2.23. The summed E-state index contributed by atoms with van der Waals surface area (Å²) in [5.74, 6) is 1.38. The standard InChI is InChI=1S/C22H29FN4O.HI/c1-24-22(25-15-17-5-9-19(23)10-6-17)26-16-21(27-13-3-4-14-27)18-7-11-20(28-2)12-8-18;/h5-12,21H,3-4,13-16H2,1-2H3,(H2,24,25,26);1H. The lowest BCUT2D eigenvalue weighted by Gasteiger charge is -2.29. The van der Waals surface area contributed by atoms with Gasteiger partial charge in [-0.3, -0.25) is 9.89 Å². The minimum absolute atomic E-state index is 0. The molecule has 158 valence electrons. The van der Waals surface area contributed by atoms with Gasteiger partial charge in [0.2, 0.25) is 0 Å². The summed E-state index contributed by atoms with van der Waals surface area (Å²) >= 11 is 0. The van der Waals surface area contributed by atoms with Gasteiger partial charge in [0.25, 0.3) is 0 Å². The molecule has 1 fully saturated rings. The Morgan fingerprint density at radius 1 is 1.07 bits per heavy atom. The van der Waals surface area contributed by atoms with Gasteiger partial charge in [0, 0.05) is 20.1 Å². The molecule has 0 radical (unpaired) electrons. The van der Waals surface area contributed by atoms with Gasteiger partial charge in [-0.1, -0.05) is 24.3 Å². The minimum atomic E-state index is -0.223. The number of guanidine groups is 1. The molecule has 29 heavy (non-hydrogen) atoms. The third kappa shape index (κ3) is 6.85. The molecule has 2 aromatic rings. The van der Waals surface area contributed by atoms with Crippen molar-refractivity contribution < 1.29 is 9.13 Å². The van der Waals surface area contributed by atoms with Gasteiger partial charge in [-0.25, -0.2) is 4.39 Å². The third-order valence-corrected chi connectivity index (χ3v) is 5.14. The fourth-order valence-corrected chi connectivity index (χ4v) is 3.54. The van der Waals surface area contributed by atoms with E-state index in [1.54, 1.807) is 26.3 Å². The van der Waals surface area contributed by atoms with Crippen LogP contribution in [0.3, 0.4) is 0 Å². The van der Waals surface area contributed by atoms with Crippen molar-refractivity contribution in [3.05, 3.63) is 65.5 Å². The van der Waals surface area contributed by atoms with Crippen LogP contribution in [-0.4, -0.2) is 44.7 Å². The van der Waals surface area contributed by atoms with Crippen LogP contribution >= 0.6 is 24.0 Å². The average molecular weight is 512 g/mol. The maximum absolute atomic E-state index is 13.0. The molecule has 0 aromatic heterocycles. The Bertz CT molecular complexity index is 761. The third-order valence-electron chi connectivity index (χ3n) is 5.14. The molecular formula is C22H30FIN4O. The zero-order valence-corrected chi connectivity index (χ0v) is 19.4. The number of rotatable bonds is 7. The van der Waals surface area contributed by atoms with Crippen molar-refractivity contribution in [3.8, 4) is 5.75 Å². The first-order chi connectivity index (χ1) is 13.7. The highest BCUT2D eigenvalue weighted by atomic mass is 127. The molecule has 1 unspecified atom stereocenters. The van der Waals surface area contributed by atoms with Gasteiger partial charge < -0.3 is 15.4 Å². The second kappa shape index (κ2) is 12.0. The van der Waals surface area contributed by atoms with E-state index in [9.17, 15) is 4.39 Å². The highest BCUT2D eigenvalue weighted by Crippen LogP contribution is 2.26. The molecule has 0 saturated carbocycles. The number of ether oxygens (including phenoxy) is 1. The second-order valence-electron chi connectivity index (χ2n) is 6.97. The van der Waals surface area contributed by atoms with Crippen LogP contribution in [0.5, 0.6) is 5.75 Å². The molecule has 0 spiro atoms. The Morgan fingerprint density at radius 2 is 1.72 bits per heavy atom. The molecule has 1 aliphatic heterocycles. The zero-order chi connectivity index (χ0) is 19.8. The van der Waals surface area contributed by atoms with Gasteiger partial charge in [0.05, 0.1) is 13.2 Å². The molecule has 5 nitrogen and oxygen atoms in total. The minimum Gasteiger partial charge on any atom is -0.497 e. The van der Waals surface area contributed by atoms with Crippen molar-refractivity contribution in [1.29, 1.82) is 0 Å². The topological polar surface area (TPSA) is 48.9 Å². The van der Waals surface area contributed by atoms with Crippen LogP contribution in [0.2, 0.25) is 0 Å². The van der Waals surface area contributed by atoms with E-state index in [2.05, 4.69) is 32.7 Å². The quantitative estimate of drug-likeness (QED) is 0.335. The fourth-order valence-electron chi connectivity index (χ4n) is 3.54. The Kier molecular flexibility index (Phi) is 9.66. The number of likely N-dealkylation sites (tertiary alicyclic amines) is 1. The van der Waals surface area contributed by atoms with E-state index in [0.29, 0.717) is 6.54 Å². The van der Waals surface area contributed by atoms with Gasteiger partial charge in [-0.15, -0.1) is 24.0 Å². The van der Waals surface area contributed by atoms with E-state index in [0.717, 1.165) is 36.9 Å². The van der Waals surface area contributed by atoms with Crippen LogP contribution < -0.4 is 15.4 Å². The van der Waals surface area contributed by atoms with Gasteiger partial charge in [0.15, 0.2) is 5.96 Å². The lowest BCUT2D eigenvalue weighted by molar-refractivity contribution is 0.245. The normalized spacial score (nSPS) is 15.5.